The SMILES string of the molecule is CC1(c2nc(C3CCCCN3)no2)CCC1. The maximum atomic E-state index is 5.42. The molecular weight excluding hydrogens is 202 g/mol. The molecule has 2 fully saturated rings. The van der Waals surface area contributed by atoms with Crippen molar-refractivity contribution in [2.24, 2.45) is 0 Å². The van der Waals surface area contributed by atoms with Gasteiger partial charge in [-0.3, -0.25) is 0 Å². The topological polar surface area (TPSA) is 51.0 Å². The summed E-state index contributed by atoms with van der Waals surface area (Å²) in [7, 11) is 0. The van der Waals surface area contributed by atoms with E-state index in [1.54, 1.807) is 0 Å². The van der Waals surface area contributed by atoms with Crippen molar-refractivity contribution in [3.05, 3.63) is 11.7 Å². The largest absolute Gasteiger partial charge is 0.339 e. The van der Waals surface area contributed by atoms with Gasteiger partial charge in [0.05, 0.1) is 6.04 Å². The number of piperidine rings is 1. The maximum Gasteiger partial charge on any atom is 0.232 e. The molecule has 0 radical (unpaired) electrons. The quantitative estimate of drug-likeness (QED) is 0.832. The summed E-state index contributed by atoms with van der Waals surface area (Å²) in [5, 5.41) is 7.59. The van der Waals surface area contributed by atoms with E-state index < -0.39 is 0 Å². The van der Waals surface area contributed by atoms with Crippen LogP contribution in [-0.4, -0.2) is 16.7 Å². The average Bonchev–Trinajstić information content (AvgIpc) is 2.77. The van der Waals surface area contributed by atoms with E-state index >= 15 is 0 Å². The number of aromatic nitrogens is 2. The molecule has 1 atom stereocenters. The zero-order valence-corrected chi connectivity index (χ0v) is 9.83. The zero-order chi connectivity index (χ0) is 11.0. The molecule has 2 aliphatic rings. The molecule has 1 saturated carbocycles. The molecule has 0 bridgehead atoms. The van der Waals surface area contributed by atoms with Crippen LogP contribution in [0.5, 0.6) is 0 Å². The van der Waals surface area contributed by atoms with Gasteiger partial charge in [-0.15, -0.1) is 0 Å². The highest BCUT2D eigenvalue weighted by Gasteiger charge is 2.39. The third-order valence-electron chi connectivity index (χ3n) is 4.04. The van der Waals surface area contributed by atoms with Crippen LogP contribution < -0.4 is 5.32 Å². The van der Waals surface area contributed by atoms with Crippen molar-refractivity contribution in [2.75, 3.05) is 6.54 Å². The van der Waals surface area contributed by atoms with Crippen LogP contribution in [0.15, 0.2) is 4.52 Å². The van der Waals surface area contributed by atoms with Crippen LogP contribution in [-0.2, 0) is 5.41 Å². The van der Waals surface area contributed by atoms with E-state index in [-0.39, 0.29) is 5.41 Å². The fourth-order valence-electron chi connectivity index (χ4n) is 2.61. The molecule has 1 aromatic rings. The molecule has 1 unspecified atom stereocenters. The van der Waals surface area contributed by atoms with Crippen LogP contribution in [0, 0.1) is 0 Å². The second-order valence-corrected chi connectivity index (χ2v) is 5.37. The lowest BCUT2D eigenvalue weighted by atomic mass is 9.70. The lowest BCUT2D eigenvalue weighted by molar-refractivity contribution is 0.194. The van der Waals surface area contributed by atoms with Gasteiger partial charge in [0.2, 0.25) is 5.89 Å². The second kappa shape index (κ2) is 3.84. The summed E-state index contributed by atoms with van der Waals surface area (Å²) in [5.74, 6) is 1.71. The van der Waals surface area contributed by atoms with Crippen molar-refractivity contribution >= 4 is 0 Å². The minimum absolute atomic E-state index is 0.167. The molecule has 16 heavy (non-hydrogen) atoms. The zero-order valence-electron chi connectivity index (χ0n) is 9.83. The summed E-state index contributed by atoms with van der Waals surface area (Å²) >= 11 is 0. The monoisotopic (exact) mass is 221 g/mol. The van der Waals surface area contributed by atoms with Crippen LogP contribution in [0.3, 0.4) is 0 Å². The lowest BCUT2D eigenvalue weighted by Crippen LogP contribution is -2.31. The maximum absolute atomic E-state index is 5.42. The van der Waals surface area contributed by atoms with E-state index in [0.717, 1.165) is 24.7 Å². The molecule has 1 aliphatic carbocycles. The Morgan fingerprint density at radius 3 is 2.81 bits per heavy atom. The Balaban J connectivity index is 1.76. The first-order chi connectivity index (χ1) is 7.78. The highest BCUT2D eigenvalue weighted by Crippen LogP contribution is 2.42. The van der Waals surface area contributed by atoms with Gasteiger partial charge in [-0.25, -0.2) is 0 Å². The molecule has 88 valence electrons. The summed E-state index contributed by atoms with van der Waals surface area (Å²) in [6.45, 7) is 3.30. The third-order valence-corrected chi connectivity index (χ3v) is 4.04. The lowest BCUT2D eigenvalue weighted by Gasteiger charge is -2.34. The highest BCUT2D eigenvalue weighted by molar-refractivity contribution is 5.09. The Labute approximate surface area is 95.8 Å². The van der Waals surface area contributed by atoms with Crippen LogP contribution in [0.4, 0.5) is 0 Å². The van der Waals surface area contributed by atoms with Crippen molar-refractivity contribution in [1.29, 1.82) is 0 Å². The Morgan fingerprint density at radius 1 is 1.31 bits per heavy atom. The summed E-state index contributed by atoms with van der Waals surface area (Å²) < 4.78 is 5.42. The van der Waals surface area contributed by atoms with Gasteiger partial charge in [0.15, 0.2) is 5.82 Å². The minimum atomic E-state index is 0.167. The van der Waals surface area contributed by atoms with E-state index in [2.05, 4.69) is 22.4 Å². The van der Waals surface area contributed by atoms with Gasteiger partial charge in [0.1, 0.15) is 0 Å². The predicted octanol–water partition coefficient (Wildman–Crippen LogP) is 2.33. The first kappa shape index (κ1) is 10.3. The molecule has 1 aliphatic heterocycles. The summed E-state index contributed by atoms with van der Waals surface area (Å²) in [4.78, 5) is 4.59. The number of hydrogen-bond acceptors (Lipinski definition) is 4. The number of nitrogens with one attached hydrogen (secondary N) is 1. The predicted molar refractivity (Wildman–Crippen MR) is 60.1 cm³/mol. The summed E-state index contributed by atoms with van der Waals surface area (Å²) in [6.07, 6.45) is 7.32. The van der Waals surface area contributed by atoms with E-state index in [1.807, 2.05) is 0 Å². The molecule has 3 rings (SSSR count). The first-order valence-electron chi connectivity index (χ1n) is 6.35. The van der Waals surface area contributed by atoms with Gasteiger partial charge in [0, 0.05) is 5.41 Å². The molecule has 1 aromatic heterocycles. The van der Waals surface area contributed by atoms with Crippen LogP contribution in [0.25, 0.3) is 0 Å². The molecule has 1 N–H and O–H groups in total. The molecule has 4 nitrogen and oxygen atoms in total. The normalized spacial score (nSPS) is 28.7. The fraction of sp³-hybridized carbons (Fsp3) is 0.833. The van der Waals surface area contributed by atoms with Gasteiger partial charge in [0.25, 0.3) is 0 Å². The van der Waals surface area contributed by atoms with E-state index in [1.165, 1.54) is 32.1 Å². The number of hydrogen-bond donors (Lipinski definition) is 1. The van der Waals surface area contributed by atoms with Gasteiger partial charge in [-0.05, 0) is 32.2 Å². The van der Waals surface area contributed by atoms with E-state index in [4.69, 9.17) is 4.52 Å². The second-order valence-electron chi connectivity index (χ2n) is 5.37. The van der Waals surface area contributed by atoms with Crippen molar-refractivity contribution in [1.82, 2.24) is 15.5 Å². The van der Waals surface area contributed by atoms with Gasteiger partial charge >= 0.3 is 0 Å². The standard InChI is InChI=1S/C12H19N3O/c1-12(6-4-7-12)11-14-10(15-16-11)9-5-2-3-8-13-9/h9,13H,2-8H2,1H3. The van der Waals surface area contributed by atoms with Crippen molar-refractivity contribution in [2.45, 2.75) is 56.9 Å². The third kappa shape index (κ3) is 1.65. The number of nitrogens with zero attached hydrogens (tertiary/aromatic N) is 2. The average molecular weight is 221 g/mol. The van der Waals surface area contributed by atoms with Gasteiger partial charge in [-0.2, -0.15) is 4.98 Å². The van der Waals surface area contributed by atoms with Crippen LogP contribution in [0.2, 0.25) is 0 Å². The van der Waals surface area contributed by atoms with E-state index in [9.17, 15) is 0 Å². The molecule has 0 spiro atoms. The highest BCUT2D eigenvalue weighted by atomic mass is 16.5. The Bertz CT molecular complexity index is 364. The van der Waals surface area contributed by atoms with Crippen molar-refractivity contribution in [3.63, 3.8) is 0 Å². The molecule has 4 heteroatoms. The Kier molecular flexibility index (Phi) is 2.46. The first-order valence-corrected chi connectivity index (χ1v) is 6.35. The Morgan fingerprint density at radius 2 is 2.19 bits per heavy atom. The molecule has 0 amide bonds. The summed E-state index contributed by atoms with van der Waals surface area (Å²) in [6, 6.07) is 0.315. The minimum Gasteiger partial charge on any atom is -0.339 e. The fourth-order valence-corrected chi connectivity index (χ4v) is 2.61. The van der Waals surface area contributed by atoms with Crippen LogP contribution >= 0.6 is 0 Å². The molecular formula is C12H19N3O. The van der Waals surface area contributed by atoms with E-state index in [0.29, 0.717) is 6.04 Å². The molecule has 2 heterocycles. The summed E-state index contributed by atoms with van der Waals surface area (Å²) in [5.41, 5.74) is 0.167. The van der Waals surface area contributed by atoms with Crippen LogP contribution in [0.1, 0.15) is 63.2 Å². The van der Waals surface area contributed by atoms with Gasteiger partial charge < -0.3 is 9.84 Å². The number of rotatable bonds is 2. The Hall–Kier alpha value is -0.900. The van der Waals surface area contributed by atoms with Crippen molar-refractivity contribution in [3.8, 4) is 0 Å². The smallest absolute Gasteiger partial charge is 0.232 e. The molecule has 1 saturated heterocycles. The van der Waals surface area contributed by atoms with Crippen molar-refractivity contribution < 1.29 is 4.52 Å². The van der Waals surface area contributed by atoms with Gasteiger partial charge in [-0.1, -0.05) is 24.9 Å². The molecule has 0 aromatic carbocycles.